The van der Waals surface area contributed by atoms with Crippen LogP contribution in [0.4, 0.5) is 6.01 Å². The molecule has 3 rings (SSSR count). The second-order valence-corrected chi connectivity index (χ2v) is 5.75. The van der Waals surface area contributed by atoms with Crippen molar-refractivity contribution in [3.05, 3.63) is 40.7 Å². The van der Waals surface area contributed by atoms with Crippen molar-refractivity contribution in [2.75, 3.05) is 25.0 Å². The van der Waals surface area contributed by atoms with Gasteiger partial charge in [0, 0.05) is 18.5 Å². The van der Waals surface area contributed by atoms with Crippen LogP contribution in [0.5, 0.6) is 0 Å². The van der Waals surface area contributed by atoms with Gasteiger partial charge in [0.2, 0.25) is 5.89 Å². The molecule has 0 unspecified atom stereocenters. The first-order valence-electron chi connectivity index (χ1n) is 7.26. The zero-order valence-electron chi connectivity index (χ0n) is 12.1. The number of nitrogens with one attached hydrogen (secondary N) is 1. The largest absolute Gasteiger partial charge is 0.408 e. The molecular formula is C15H19ClN4O. The third-order valence-corrected chi connectivity index (χ3v) is 4.06. The fourth-order valence-corrected chi connectivity index (χ4v) is 2.87. The number of nitrogens with zero attached hydrogens (tertiary/aromatic N) is 3. The summed E-state index contributed by atoms with van der Waals surface area (Å²) in [5.74, 6) is 0.571. The number of hydrogen-bond donors (Lipinski definition) is 1. The predicted molar refractivity (Wildman–Crippen MR) is 82.5 cm³/mol. The quantitative estimate of drug-likeness (QED) is 0.918. The minimum Gasteiger partial charge on any atom is -0.408 e. The Balaban J connectivity index is 1.73. The van der Waals surface area contributed by atoms with Gasteiger partial charge in [-0.1, -0.05) is 28.8 Å². The molecule has 1 N–H and O–H groups in total. The van der Waals surface area contributed by atoms with Crippen LogP contribution >= 0.6 is 11.6 Å². The van der Waals surface area contributed by atoms with Gasteiger partial charge in [-0.3, -0.25) is 4.90 Å². The predicted octanol–water partition coefficient (Wildman–Crippen LogP) is 3.28. The molecule has 1 aliphatic rings. The minimum atomic E-state index is 0.289. The smallest absolute Gasteiger partial charge is 0.315 e. The first kappa shape index (κ1) is 14.4. The molecule has 0 amide bonds. The van der Waals surface area contributed by atoms with Crippen molar-refractivity contribution in [2.24, 2.45) is 0 Å². The first-order chi connectivity index (χ1) is 10.2. The molecule has 2 aromatic rings. The normalized spacial score (nSPS) is 17.0. The fourth-order valence-electron chi connectivity index (χ4n) is 2.75. The maximum atomic E-state index is 5.99. The number of aryl methyl sites for hydroxylation is 1. The molecule has 1 aliphatic heterocycles. The Morgan fingerprint density at radius 3 is 2.57 bits per heavy atom. The highest BCUT2D eigenvalue weighted by molar-refractivity contribution is 6.30. The number of hydrogen-bond acceptors (Lipinski definition) is 5. The van der Waals surface area contributed by atoms with Crippen molar-refractivity contribution >= 4 is 17.6 Å². The molecule has 21 heavy (non-hydrogen) atoms. The Labute approximate surface area is 129 Å². The van der Waals surface area contributed by atoms with E-state index in [2.05, 4.69) is 32.5 Å². The molecule has 6 heteroatoms. The summed E-state index contributed by atoms with van der Waals surface area (Å²) in [6.45, 7) is 4.77. The van der Waals surface area contributed by atoms with Crippen molar-refractivity contribution in [3.63, 3.8) is 0 Å². The van der Waals surface area contributed by atoms with Crippen LogP contribution in [0.25, 0.3) is 0 Å². The summed E-state index contributed by atoms with van der Waals surface area (Å²) in [6, 6.07) is 8.83. The lowest BCUT2D eigenvalue weighted by molar-refractivity contribution is 0.255. The number of rotatable bonds is 5. The monoisotopic (exact) mass is 306 g/mol. The van der Waals surface area contributed by atoms with E-state index in [9.17, 15) is 0 Å². The van der Waals surface area contributed by atoms with Crippen LogP contribution in [0, 0.1) is 6.92 Å². The minimum absolute atomic E-state index is 0.289. The molecule has 112 valence electrons. The van der Waals surface area contributed by atoms with Crippen LogP contribution in [-0.4, -0.2) is 34.7 Å². The highest BCUT2D eigenvalue weighted by Gasteiger charge is 2.23. The maximum Gasteiger partial charge on any atom is 0.315 e. The average molecular weight is 307 g/mol. The molecule has 1 aromatic carbocycles. The molecule has 1 atom stereocenters. The topological polar surface area (TPSA) is 54.2 Å². The summed E-state index contributed by atoms with van der Waals surface area (Å²) in [5, 5.41) is 11.8. The van der Waals surface area contributed by atoms with E-state index in [-0.39, 0.29) is 6.04 Å². The van der Waals surface area contributed by atoms with Crippen LogP contribution in [0.1, 0.15) is 30.3 Å². The van der Waals surface area contributed by atoms with Crippen LogP contribution in [0.15, 0.2) is 28.7 Å². The van der Waals surface area contributed by atoms with Gasteiger partial charge < -0.3 is 9.73 Å². The van der Waals surface area contributed by atoms with Gasteiger partial charge in [0.1, 0.15) is 0 Å². The van der Waals surface area contributed by atoms with Gasteiger partial charge >= 0.3 is 6.01 Å². The van der Waals surface area contributed by atoms with Gasteiger partial charge in [-0.25, -0.2) is 0 Å². The molecule has 1 saturated heterocycles. The Hall–Kier alpha value is -1.59. The van der Waals surface area contributed by atoms with Gasteiger partial charge in [-0.05, 0) is 43.6 Å². The summed E-state index contributed by atoms with van der Waals surface area (Å²) in [6.07, 6.45) is 2.51. The number of anilines is 1. The van der Waals surface area contributed by atoms with Gasteiger partial charge in [0.05, 0.1) is 6.04 Å². The summed E-state index contributed by atoms with van der Waals surface area (Å²) in [5.41, 5.74) is 1.25. The number of benzene rings is 1. The fraction of sp³-hybridized carbons (Fsp3) is 0.467. The van der Waals surface area contributed by atoms with E-state index < -0.39 is 0 Å². The third-order valence-electron chi connectivity index (χ3n) is 3.81. The summed E-state index contributed by atoms with van der Waals surface area (Å²) in [7, 11) is 0. The SMILES string of the molecule is Cc1nnc(NC[C@H](c2ccc(Cl)cc2)N2CCCC2)o1. The third kappa shape index (κ3) is 3.54. The number of likely N-dealkylation sites (tertiary alicyclic amines) is 1. The maximum absolute atomic E-state index is 5.99. The highest BCUT2D eigenvalue weighted by atomic mass is 35.5. The zero-order chi connectivity index (χ0) is 14.7. The molecular weight excluding hydrogens is 288 g/mol. The lowest BCUT2D eigenvalue weighted by Crippen LogP contribution is -2.31. The number of aromatic nitrogens is 2. The molecule has 1 fully saturated rings. The summed E-state index contributed by atoms with van der Waals surface area (Å²) >= 11 is 5.99. The van der Waals surface area contributed by atoms with Crippen molar-refractivity contribution in [1.82, 2.24) is 15.1 Å². The molecule has 0 bridgehead atoms. The van der Waals surface area contributed by atoms with Crippen molar-refractivity contribution < 1.29 is 4.42 Å². The average Bonchev–Trinajstić information content (AvgIpc) is 3.13. The summed E-state index contributed by atoms with van der Waals surface area (Å²) < 4.78 is 5.38. The second kappa shape index (κ2) is 6.45. The van der Waals surface area contributed by atoms with Gasteiger partial charge in [-0.2, -0.15) is 0 Å². The van der Waals surface area contributed by atoms with E-state index in [1.807, 2.05) is 12.1 Å². The van der Waals surface area contributed by atoms with Gasteiger partial charge in [-0.15, -0.1) is 5.10 Å². The molecule has 2 heterocycles. The van der Waals surface area contributed by atoms with Crippen molar-refractivity contribution in [2.45, 2.75) is 25.8 Å². The Bertz CT molecular complexity index is 578. The van der Waals surface area contributed by atoms with Crippen LogP contribution in [0.2, 0.25) is 5.02 Å². The molecule has 1 aromatic heterocycles. The van der Waals surface area contributed by atoms with E-state index in [1.165, 1.54) is 18.4 Å². The Morgan fingerprint density at radius 2 is 1.95 bits per heavy atom. The highest BCUT2D eigenvalue weighted by Crippen LogP contribution is 2.26. The van der Waals surface area contributed by atoms with Gasteiger partial charge in [0.25, 0.3) is 0 Å². The van der Waals surface area contributed by atoms with E-state index in [1.54, 1.807) is 6.92 Å². The molecule has 0 radical (unpaired) electrons. The van der Waals surface area contributed by atoms with Crippen molar-refractivity contribution in [3.8, 4) is 0 Å². The molecule has 0 saturated carbocycles. The van der Waals surface area contributed by atoms with Crippen LogP contribution < -0.4 is 5.32 Å². The van der Waals surface area contributed by atoms with Crippen LogP contribution in [0.3, 0.4) is 0 Å². The first-order valence-corrected chi connectivity index (χ1v) is 7.63. The van der Waals surface area contributed by atoms with Gasteiger partial charge in [0.15, 0.2) is 0 Å². The van der Waals surface area contributed by atoms with E-state index >= 15 is 0 Å². The molecule has 0 aliphatic carbocycles. The molecule has 0 spiro atoms. The van der Waals surface area contributed by atoms with Crippen molar-refractivity contribution in [1.29, 1.82) is 0 Å². The summed E-state index contributed by atoms with van der Waals surface area (Å²) in [4.78, 5) is 2.49. The lowest BCUT2D eigenvalue weighted by atomic mass is 10.1. The lowest BCUT2D eigenvalue weighted by Gasteiger charge is -2.28. The van der Waals surface area contributed by atoms with Crippen LogP contribution in [-0.2, 0) is 0 Å². The zero-order valence-corrected chi connectivity index (χ0v) is 12.8. The van der Waals surface area contributed by atoms with E-state index in [0.717, 1.165) is 24.7 Å². The van der Waals surface area contributed by atoms with E-state index in [4.69, 9.17) is 16.0 Å². The Morgan fingerprint density at radius 1 is 1.24 bits per heavy atom. The van der Waals surface area contributed by atoms with E-state index in [0.29, 0.717) is 11.9 Å². The Kier molecular flexibility index (Phi) is 4.41. The second-order valence-electron chi connectivity index (χ2n) is 5.32. The number of halogens is 1. The molecule has 5 nitrogen and oxygen atoms in total. The standard InChI is InChI=1S/C15H19ClN4O/c1-11-18-19-15(21-11)17-10-14(20-8-2-3-9-20)12-4-6-13(16)7-5-12/h4-7,14H,2-3,8-10H2,1H3,(H,17,19)/t14-/m1/s1.